The lowest BCUT2D eigenvalue weighted by molar-refractivity contribution is -0.150. The van der Waals surface area contributed by atoms with Gasteiger partial charge in [0.25, 0.3) is 0 Å². The molecule has 0 radical (unpaired) electrons. The average molecular weight is 250 g/mol. The smallest absolute Gasteiger partial charge is 0.416 e. The van der Waals surface area contributed by atoms with Gasteiger partial charge < -0.3 is 5.11 Å². The monoisotopic (exact) mass is 250 g/mol. The number of rotatable bonds is 3. The van der Waals surface area contributed by atoms with E-state index in [1.807, 2.05) is 0 Å². The van der Waals surface area contributed by atoms with E-state index >= 15 is 0 Å². The van der Waals surface area contributed by atoms with E-state index in [1.54, 1.807) is 0 Å². The molecule has 1 rings (SSSR count). The van der Waals surface area contributed by atoms with E-state index in [1.165, 1.54) is 12.1 Å². The van der Waals surface area contributed by atoms with E-state index in [9.17, 15) is 22.4 Å². The van der Waals surface area contributed by atoms with Gasteiger partial charge in [0.2, 0.25) is 5.67 Å². The topological polar surface area (TPSA) is 37.3 Å². The van der Waals surface area contributed by atoms with Gasteiger partial charge in [-0.1, -0.05) is 18.2 Å². The van der Waals surface area contributed by atoms with Crippen molar-refractivity contribution in [1.82, 2.24) is 0 Å². The van der Waals surface area contributed by atoms with E-state index in [0.29, 0.717) is 0 Å². The molecule has 17 heavy (non-hydrogen) atoms. The summed E-state index contributed by atoms with van der Waals surface area (Å²) in [4.78, 5) is 10.5. The Labute approximate surface area is 94.9 Å². The Balaban J connectivity index is 3.12. The number of halogens is 4. The fraction of sp³-hybridized carbons (Fsp3) is 0.364. The first-order chi connectivity index (χ1) is 7.64. The Kier molecular flexibility index (Phi) is 3.45. The first-order valence-corrected chi connectivity index (χ1v) is 4.72. The number of carboxylic acids is 1. The van der Waals surface area contributed by atoms with Crippen LogP contribution in [0.4, 0.5) is 17.6 Å². The summed E-state index contributed by atoms with van der Waals surface area (Å²) in [5, 5.41) is 8.54. The van der Waals surface area contributed by atoms with Crippen LogP contribution in [0.25, 0.3) is 0 Å². The van der Waals surface area contributed by atoms with Crippen molar-refractivity contribution in [2.45, 2.75) is 25.2 Å². The molecule has 2 nitrogen and oxygen atoms in total. The summed E-state index contributed by atoms with van der Waals surface area (Å²) in [6.07, 6.45) is -5.44. The number of alkyl halides is 4. The van der Waals surface area contributed by atoms with Gasteiger partial charge in [0, 0.05) is 6.42 Å². The summed E-state index contributed by atoms with van der Waals surface area (Å²) in [5.74, 6) is -1.78. The third-order valence-electron chi connectivity index (χ3n) is 2.29. The second-order valence-corrected chi connectivity index (χ2v) is 3.83. The van der Waals surface area contributed by atoms with Crippen LogP contribution in [0.5, 0.6) is 0 Å². The van der Waals surface area contributed by atoms with Crippen LogP contribution in [0.3, 0.4) is 0 Å². The summed E-state index contributed by atoms with van der Waals surface area (Å²) >= 11 is 0. The highest BCUT2D eigenvalue weighted by Crippen LogP contribution is 2.33. The summed E-state index contributed by atoms with van der Waals surface area (Å²) in [5.41, 5.74) is -4.10. The Hall–Kier alpha value is -1.59. The minimum atomic E-state index is -4.62. The molecule has 0 aliphatic rings. The van der Waals surface area contributed by atoms with Crippen molar-refractivity contribution < 1.29 is 27.5 Å². The molecule has 1 unspecified atom stereocenters. The number of hydrogen-bond donors (Lipinski definition) is 1. The van der Waals surface area contributed by atoms with Gasteiger partial charge in [0.15, 0.2) is 0 Å². The Morgan fingerprint density at radius 3 is 2.24 bits per heavy atom. The molecular formula is C11H10F4O2. The van der Waals surface area contributed by atoms with Gasteiger partial charge in [-0.25, -0.2) is 9.18 Å². The van der Waals surface area contributed by atoms with Gasteiger partial charge in [-0.3, -0.25) is 0 Å². The van der Waals surface area contributed by atoms with Gasteiger partial charge >= 0.3 is 12.1 Å². The zero-order valence-corrected chi connectivity index (χ0v) is 8.88. The molecule has 1 atom stereocenters. The maximum Gasteiger partial charge on any atom is 0.416 e. The van der Waals surface area contributed by atoms with E-state index in [4.69, 9.17) is 5.11 Å². The average Bonchev–Trinajstić information content (AvgIpc) is 2.15. The van der Waals surface area contributed by atoms with Crippen molar-refractivity contribution in [2.75, 3.05) is 0 Å². The second-order valence-electron chi connectivity index (χ2n) is 3.83. The number of carboxylic acid groups (broad SMARTS) is 1. The predicted molar refractivity (Wildman–Crippen MR) is 52.3 cm³/mol. The van der Waals surface area contributed by atoms with Gasteiger partial charge in [-0.2, -0.15) is 13.2 Å². The van der Waals surface area contributed by atoms with E-state index in [2.05, 4.69) is 0 Å². The number of carbonyl (C=O) groups is 1. The van der Waals surface area contributed by atoms with Crippen LogP contribution in [-0.2, 0) is 17.4 Å². The van der Waals surface area contributed by atoms with Gasteiger partial charge in [-0.15, -0.1) is 0 Å². The zero-order chi connectivity index (χ0) is 13.3. The largest absolute Gasteiger partial charge is 0.479 e. The minimum absolute atomic E-state index is 0.368. The van der Waals surface area contributed by atoms with Crippen LogP contribution in [-0.4, -0.2) is 16.7 Å². The van der Waals surface area contributed by atoms with Gasteiger partial charge in [0.05, 0.1) is 5.56 Å². The van der Waals surface area contributed by atoms with Crippen LogP contribution in [0.15, 0.2) is 24.3 Å². The Morgan fingerprint density at radius 2 is 1.76 bits per heavy atom. The van der Waals surface area contributed by atoms with Gasteiger partial charge in [-0.05, 0) is 18.6 Å². The summed E-state index contributed by atoms with van der Waals surface area (Å²) in [6.45, 7) is 0.739. The third kappa shape index (κ3) is 3.18. The van der Waals surface area contributed by atoms with Gasteiger partial charge in [0.1, 0.15) is 0 Å². The molecule has 94 valence electrons. The molecule has 0 aliphatic heterocycles. The fourth-order valence-corrected chi connectivity index (χ4v) is 1.38. The Bertz CT molecular complexity index is 424. The van der Waals surface area contributed by atoms with Crippen molar-refractivity contribution in [1.29, 1.82) is 0 Å². The predicted octanol–water partition coefficient (Wildman–Crippen LogP) is 3.06. The molecule has 0 spiro atoms. The molecule has 0 saturated carbocycles. The minimum Gasteiger partial charge on any atom is -0.479 e. The highest BCUT2D eigenvalue weighted by Gasteiger charge is 2.38. The quantitative estimate of drug-likeness (QED) is 0.837. The van der Waals surface area contributed by atoms with E-state index in [0.717, 1.165) is 19.1 Å². The lowest BCUT2D eigenvalue weighted by Crippen LogP contribution is -2.33. The molecule has 1 aromatic carbocycles. The summed E-state index contributed by atoms with van der Waals surface area (Å²) < 4.78 is 51.2. The lowest BCUT2D eigenvalue weighted by atomic mass is 9.94. The number of benzene rings is 1. The molecule has 0 fully saturated rings. The molecule has 0 aromatic heterocycles. The van der Waals surface area contributed by atoms with Crippen LogP contribution in [0.1, 0.15) is 18.1 Å². The normalized spacial score (nSPS) is 15.4. The molecule has 0 bridgehead atoms. The highest BCUT2D eigenvalue weighted by molar-refractivity contribution is 5.77. The van der Waals surface area contributed by atoms with Crippen LogP contribution in [0, 0.1) is 0 Å². The van der Waals surface area contributed by atoms with Crippen LogP contribution in [0.2, 0.25) is 0 Å². The zero-order valence-electron chi connectivity index (χ0n) is 8.88. The van der Waals surface area contributed by atoms with Crippen molar-refractivity contribution in [3.63, 3.8) is 0 Å². The molecule has 1 N–H and O–H groups in total. The highest BCUT2D eigenvalue weighted by atomic mass is 19.4. The van der Waals surface area contributed by atoms with E-state index in [-0.39, 0.29) is 5.56 Å². The molecule has 0 saturated heterocycles. The Morgan fingerprint density at radius 1 is 1.24 bits per heavy atom. The van der Waals surface area contributed by atoms with Crippen molar-refractivity contribution >= 4 is 5.97 Å². The lowest BCUT2D eigenvalue weighted by Gasteiger charge is -2.18. The second kappa shape index (κ2) is 4.35. The van der Waals surface area contributed by atoms with Crippen molar-refractivity contribution in [3.05, 3.63) is 35.4 Å². The first kappa shape index (κ1) is 13.5. The SMILES string of the molecule is CC(F)(Cc1ccccc1C(F)(F)F)C(=O)O. The summed E-state index contributed by atoms with van der Waals surface area (Å²) in [7, 11) is 0. The van der Waals surface area contributed by atoms with Crippen molar-refractivity contribution in [2.24, 2.45) is 0 Å². The van der Waals surface area contributed by atoms with Crippen molar-refractivity contribution in [3.8, 4) is 0 Å². The molecule has 0 aliphatic carbocycles. The maximum atomic E-state index is 13.5. The maximum absolute atomic E-state index is 13.5. The number of hydrogen-bond acceptors (Lipinski definition) is 1. The van der Waals surface area contributed by atoms with Crippen LogP contribution >= 0.6 is 0 Å². The molecule has 6 heteroatoms. The molecule has 0 amide bonds. The number of aliphatic carboxylic acids is 1. The molecule has 0 heterocycles. The fourth-order valence-electron chi connectivity index (χ4n) is 1.38. The third-order valence-corrected chi connectivity index (χ3v) is 2.29. The molecule has 1 aromatic rings. The first-order valence-electron chi connectivity index (χ1n) is 4.72. The standard InChI is InChI=1S/C11H10F4O2/c1-10(12,9(16)17)6-7-4-2-3-5-8(7)11(13,14)15/h2-5H,6H2,1H3,(H,16,17). The summed E-state index contributed by atoms with van der Waals surface area (Å²) in [6, 6.07) is 4.35. The molecular weight excluding hydrogens is 240 g/mol. The van der Waals surface area contributed by atoms with Crippen LogP contribution < -0.4 is 0 Å². The van der Waals surface area contributed by atoms with E-state index < -0.39 is 29.8 Å².